The van der Waals surface area contributed by atoms with E-state index in [4.69, 9.17) is 12.2 Å². The van der Waals surface area contributed by atoms with E-state index < -0.39 is 0 Å². The van der Waals surface area contributed by atoms with Crippen molar-refractivity contribution in [1.29, 1.82) is 0 Å². The number of benzene rings is 1. The van der Waals surface area contributed by atoms with Crippen LogP contribution in [0, 0.1) is 0 Å². The van der Waals surface area contributed by atoms with Crippen LogP contribution in [0.2, 0.25) is 0 Å². The van der Waals surface area contributed by atoms with E-state index in [1.807, 2.05) is 0 Å². The molecule has 72 valence electrons. The van der Waals surface area contributed by atoms with Crippen LogP contribution in [0.15, 0.2) is 24.3 Å². The Hall–Kier alpha value is -1.62. The second kappa shape index (κ2) is 3.26. The highest BCUT2D eigenvalue weighted by Gasteiger charge is 2.24. The van der Waals surface area contributed by atoms with Crippen LogP contribution < -0.4 is 10.2 Å². The van der Waals surface area contributed by atoms with Gasteiger partial charge < -0.3 is 15.3 Å². The van der Waals surface area contributed by atoms with E-state index in [-0.39, 0.29) is 18.2 Å². The zero-order valence-electron chi connectivity index (χ0n) is 7.23. The van der Waals surface area contributed by atoms with Gasteiger partial charge in [-0.05, 0) is 24.4 Å². The summed E-state index contributed by atoms with van der Waals surface area (Å²) >= 11 is 4.96. The zero-order valence-corrected chi connectivity index (χ0v) is 8.04. The summed E-state index contributed by atoms with van der Waals surface area (Å²) in [6.07, 6.45) is 0. The van der Waals surface area contributed by atoms with E-state index in [9.17, 15) is 9.90 Å². The van der Waals surface area contributed by atoms with Crippen LogP contribution >= 0.6 is 12.2 Å². The maximum atomic E-state index is 11.0. The van der Waals surface area contributed by atoms with Crippen LogP contribution in [0.3, 0.4) is 0 Å². The molecule has 0 aliphatic carbocycles. The van der Waals surface area contributed by atoms with Crippen molar-refractivity contribution >= 4 is 28.9 Å². The van der Waals surface area contributed by atoms with Crippen molar-refractivity contribution in [3.05, 3.63) is 24.3 Å². The van der Waals surface area contributed by atoms with Crippen molar-refractivity contribution in [3.63, 3.8) is 0 Å². The number of anilines is 1. The minimum absolute atomic E-state index is 0.127. The van der Waals surface area contributed by atoms with Crippen LogP contribution in [0.1, 0.15) is 0 Å². The first kappa shape index (κ1) is 8.96. The van der Waals surface area contributed by atoms with Crippen molar-refractivity contribution in [2.24, 2.45) is 0 Å². The van der Waals surface area contributed by atoms with E-state index >= 15 is 0 Å². The molecule has 1 aromatic rings. The molecule has 0 bridgehead atoms. The normalized spacial score (nSPS) is 15.9. The summed E-state index contributed by atoms with van der Waals surface area (Å²) in [6, 6.07) is 6.62. The average Bonchev–Trinajstić information content (AvgIpc) is 2.45. The van der Waals surface area contributed by atoms with E-state index in [0.717, 1.165) is 0 Å². The van der Waals surface area contributed by atoms with Crippen molar-refractivity contribution < 1.29 is 9.90 Å². The van der Waals surface area contributed by atoms with Gasteiger partial charge in [-0.3, -0.25) is 4.79 Å². The molecule has 1 fully saturated rings. The lowest BCUT2D eigenvalue weighted by Gasteiger charge is -2.15. The van der Waals surface area contributed by atoms with Crippen LogP contribution in [0.4, 0.5) is 5.69 Å². The Bertz CT molecular complexity index is 406. The molecule has 0 radical (unpaired) electrons. The average molecular weight is 208 g/mol. The topological polar surface area (TPSA) is 52.6 Å². The summed E-state index contributed by atoms with van der Waals surface area (Å²) in [5.74, 6) is 0.0305. The second-order valence-corrected chi connectivity index (χ2v) is 3.35. The van der Waals surface area contributed by atoms with Crippen molar-refractivity contribution in [2.45, 2.75) is 0 Å². The van der Waals surface area contributed by atoms with Crippen LogP contribution in [0.25, 0.3) is 0 Å². The third kappa shape index (κ3) is 1.54. The number of nitrogens with one attached hydrogen (secondary N) is 1. The number of hydrogen-bond donors (Lipinski definition) is 2. The van der Waals surface area contributed by atoms with E-state index in [0.29, 0.717) is 10.8 Å². The maximum Gasteiger partial charge on any atom is 0.246 e. The summed E-state index contributed by atoms with van der Waals surface area (Å²) in [5.41, 5.74) is 0.716. The van der Waals surface area contributed by atoms with Gasteiger partial charge in [-0.25, -0.2) is 0 Å². The molecular weight excluding hydrogens is 200 g/mol. The summed E-state index contributed by atoms with van der Waals surface area (Å²) in [7, 11) is 0. The van der Waals surface area contributed by atoms with E-state index in [1.165, 1.54) is 0 Å². The lowest BCUT2D eigenvalue weighted by atomic mass is 10.3. The summed E-state index contributed by atoms with van der Waals surface area (Å²) < 4.78 is 0. The molecule has 0 aromatic heterocycles. The Morgan fingerprint density at radius 2 is 2.29 bits per heavy atom. The van der Waals surface area contributed by atoms with Gasteiger partial charge in [0.1, 0.15) is 12.3 Å². The number of phenolic OH excluding ortho intramolecular Hbond substituents is 1. The zero-order chi connectivity index (χ0) is 10.1. The Morgan fingerprint density at radius 3 is 2.86 bits per heavy atom. The second-order valence-electron chi connectivity index (χ2n) is 2.96. The number of hydrogen-bond acceptors (Lipinski definition) is 3. The molecule has 1 aliphatic rings. The predicted molar refractivity (Wildman–Crippen MR) is 56.2 cm³/mol. The van der Waals surface area contributed by atoms with E-state index in [1.54, 1.807) is 29.2 Å². The number of carbonyl (C=O) groups excluding carboxylic acids is 1. The monoisotopic (exact) mass is 208 g/mol. The van der Waals surface area contributed by atoms with Gasteiger partial charge in [0.25, 0.3) is 0 Å². The lowest BCUT2D eigenvalue weighted by molar-refractivity contribution is -0.117. The quantitative estimate of drug-likeness (QED) is 0.664. The summed E-state index contributed by atoms with van der Waals surface area (Å²) in [6.45, 7) is 0.211. The van der Waals surface area contributed by atoms with Gasteiger partial charge >= 0.3 is 0 Å². The standard InChI is InChI=1S/C9H8N2O2S/c12-7-3-1-2-6(4-7)11-5-8(13)10-9(11)14/h1-4,12H,5H2,(H,10,13,14). The molecule has 0 atom stereocenters. The molecule has 1 aliphatic heterocycles. The number of carbonyl (C=O) groups is 1. The van der Waals surface area contributed by atoms with Gasteiger partial charge in [-0.1, -0.05) is 6.07 Å². The highest BCUT2D eigenvalue weighted by molar-refractivity contribution is 7.80. The minimum atomic E-state index is -0.127. The molecular formula is C9H8N2O2S. The first-order valence-electron chi connectivity index (χ1n) is 4.07. The number of amides is 1. The Labute approximate surface area is 86.1 Å². The number of nitrogens with zero attached hydrogens (tertiary/aromatic N) is 1. The van der Waals surface area contributed by atoms with Crippen LogP contribution in [-0.2, 0) is 4.79 Å². The molecule has 0 saturated carbocycles. The van der Waals surface area contributed by atoms with Gasteiger partial charge in [-0.2, -0.15) is 0 Å². The molecule has 1 amide bonds. The highest BCUT2D eigenvalue weighted by Crippen LogP contribution is 2.21. The molecule has 4 nitrogen and oxygen atoms in total. The van der Waals surface area contributed by atoms with Gasteiger partial charge in [0.05, 0.1) is 0 Å². The third-order valence-corrected chi connectivity index (χ3v) is 2.26. The SMILES string of the molecule is O=C1CN(c2cccc(O)c2)C(=S)N1. The summed E-state index contributed by atoms with van der Waals surface area (Å²) in [4.78, 5) is 12.7. The van der Waals surface area contributed by atoms with Crippen LogP contribution in [0.5, 0.6) is 5.75 Å². The van der Waals surface area contributed by atoms with Crippen LogP contribution in [-0.4, -0.2) is 22.7 Å². The fourth-order valence-electron chi connectivity index (χ4n) is 1.31. The molecule has 0 unspecified atom stereocenters. The molecule has 1 aromatic carbocycles. The first-order chi connectivity index (χ1) is 6.66. The highest BCUT2D eigenvalue weighted by atomic mass is 32.1. The fraction of sp³-hybridized carbons (Fsp3) is 0.111. The van der Waals surface area contributed by atoms with Crippen molar-refractivity contribution in [1.82, 2.24) is 5.32 Å². The smallest absolute Gasteiger partial charge is 0.246 e. The molecule has 14 heavy (non-hydrogen) atoms. The molecule has 2 N–H and O–H groups in total. The third-order valence-electron chi connectivity index (χ3n) is 1.93. The predicted octanol–water partition coefficient (Wildman–Crippen LogP) is 0.613. The fourth-order valence-corrected chi connectivity index (χ4v) is 1.59. The van der Waals surface area contributed by atoms with Gasteiger partial charge in [0.15, 0.2) is 5.11 Å². The molecule has 1 heterocycles. The van der Waals surface area contributed by atoms with Crippen molar-refractivity contribution in [2.75, 3.05) is 11.4 Å². The minimum Gasteiger partial charge on any atom is -0.508 e. The van der Waals surface area contributed by atoms with Gasteiger partial charge in [0, 0.05) is 11.8 Å². The number of phenols is 1. The molecule has 5 heteroatoms. The number of aromatic hydroxyl groups is 1. The molecule has 0 spiro atoms. The first-order valence-corrected chi connectivity index (χ1v) is 4.48. The largest absolute Gasteiger partial charge is 0.508 e. The van der Waals surface area contributed by atoms with Gasteiger partial charge in [0.2, 0.25) is 5.91 Å². The Morgan fingerprint density at radius 1 is 1.50 bits per heavy atom. The number of thiocarbonyl (C=S) groups is 1. The number of rotatable bonds is 1. The molecule has 2 rings (SSSR count). The Balaban J connectivity index is 2.31. The summed E-state index contributed by atoms with van der Waals surface area (Å²) in [5, 5.41) is 12.1. The Kier molecular flexibility index (Phi) is 2.09. The van der Waals surface area contributed by atoms with E-state index in [2.05, 4.69) is 5.32 Å². The van der Waals surface area contributed by atoms with Gasteiger partial charge in [-0.15, -0.1) is 0 Å². The lowest BCUT2D eigenvalue weighted by Crippen LogP contribution is -2.27. The molecule has 1 saturated heterocycles. The van der Waals surface area contributed by atoms with Crippen molar-refractivity contribution in [3.8, 4) is 5.75 Å². The maximum absolute atomic E-state index is 11.0.